The number of rotatable bonds is 2. The number of nitrogens with two attached hydrogens (primary N) is 1. The van der Waals surface area contributed by atoms with Gasteiger partial charge in [-0.1, -0.05) is 17.3 Å². The summed E-state index contributed by atoms with van der Waals surface area (Å²) in [5.74, 6) is -1.34. The Morgan fingerprint density at radius 1 is 1.09 bits per heavy atom. The van der Waals surface area contributed by atoms with E-state index in [4.69, 9.17) is 10.3 Å². The van der Waals surface area contributed by atoms with Crippen LogP contribution in [-0.2, 0) is 0 Å². The molecule has 4 aromatic rings. The summed E-state index contributed by atoms with van der Waals surface area (Å²) in [6, 6.07) is 7.48. The Balaban J connectivity index is 2.00. The van der Waals surface area contributed by atoms with Crippen LogP contribution in [0.15, 0.2) is 47.2 Å². The second kappa shape index (κ2) is 4.91. The summed E-state index contributed by atoms with van der Waals surface area (Å²) in [6.07, 6.45) is 2.96. The van der Waals surface area contributed by atoms with Crippen LogP contribution in [0.1, 0.15) is 0 Å². The van der Waals surface area contributed by atoms with E-state index < -0.39 is 11.6 Å². The Morgan fingerprint density at radius 2 is 1.96 bits per heavy atom. The predicted molar refractivity (Wildman–Crippen MR) is 81.4 cm³/mol. The molecule has 0 atom stereocenters. The first-order valence-electron chi connectivity index (χ1n) is 6.78. The van der Waals surface area contributed by atoms with Gasteiger partial charge >= 0.3 is 0 Å². The van der Waals surface area contributed by atoms with Crippen molar-refractivity contribution in [3.05, 3.63) is 54.4 Å². The van der Waals surface area contributed by atoms with E-state index in [1.54, 1.807) is 18.3 Å². The Morgan fingerprint density at radius 3 is 2.83 bits per heavy atom. The lowest BCUT2D eigenvalue weighted by Crippen LogP contribution is -1.91. The van der Waals surface area contributed by atoms with Crippen LogP contribution >= 0.6 is 0 Å². The van der Waals surface area contributed by atoms with Crippen LogP contribution in [0, 0.1) is 11.6 Å². The van der Waals surface area contributed by atoms with Crippen molar-refractivity contribution >= 4 is 16.9 Å². The van der Waals surface area contributed by atoms with E-state index >= 15 is 0 Å². The molecule has 0 saturated carbocycles. The lowest BCUT2D eigenvalue weighted by atomic mass is 10.0. The molecule has 4 rings (SSSR count). The average molecular weight is 312 g/mol. The summed E-state index contributed by atoms with van der Waals surface area (Å²) in [6.45, 7) is 0. The van der Waals surface area contributed by atoms with Gasteiger partial charge in [-0.15, -0.1) is 0 Å². The molecule has 114 valence electrons. The molecule has 3 aromatic heterocycles. The number of anilines is 1. The Bertz CT molecular complexity index is 1020. The highest BCUT2D eigenvalue weighted by atomic mass is 19.2. The Kier molecular flexibility index (Phi) is 2.87. The van der Waals surface area contributed by atoms with Crippen LogP contribution in [0.3, 0.4) is 0 Å². The molecule has 0 bridgehead atoms. The first kappa shape index (κ1) is 13.4. The van der Waals surface area contributed by atoms with E-state index in [2.05, 4.69) is 15.1 Å². The summed E-state index contributed by atoms with van der Waals surface area (Å²) < 4.78 is 32.9. The van der Waals surface area contributed by atoms with Gasteiger partial charge in [0.1, 0.15) is 11.5 Å². The maximum absolute atomic E-state index is 14.1. The van der Waals surface area contributed by atoms with Crippen LogP contribution in [0.4, 0.5) is 14.6 Å². The lowest BCUT2D eigenvalue weighted by molar-refractivity contribution is 0.433. The monoisotopic (exact) mass is 312 g/mol. The molecule has 0 aliphatic carbocycles. The number of fused-ring (bicyclic) bond motifs is 1. The Hall–Kier alpha value is -3.22. The van der Waals surface area contributed by atoms with Gasteiger partial charge in [-0.05, 0) is 18.2 Å². The number of pyridine rings is 1. The molecule has 5 nitrogen and oxygen atoms in total. The number of hydrogen-bond acceptors (Lipinski definition) is 4. The number of nitrogen functional groups attached to an aromatic ring is 1. The van der Waals surface area contributed by atoms with Crippen molar-refractivity contribution in [2.24, 2.45) is 0 Å². The summed E-state index contributed by atoms with van der Waals surface area (Å²) in [5.41, 5.74) is 7.47. The number of halogens is 2. The number of nitrogens with zero attached hydrogens (tertiary/aromatic N) is 2. The number of benzene rings is 1. The van der Waals surface area contributed by atoms with Crippen molar-refractivity contribution in [1.82, 2.24) is 15.1 Å². The molecular formula is C16H10F2N4O. The predicted octanol–water partition coefficient (Wildman–Crippen LogP) is 3.75. The van der Waals surface area contributed by atoms with E-state index in [-0.39, 0.29) is 11.3 Å². The van der Waals surface area contributed by atoms with Gasteiger partial charge in [-0.3, -0.25) is 0 Å². The fourth-order valence-corrected chi connectivity index (χ4v) is 2.61. The molecule has 3 N–H and O–H groups in total. The van der Waals surface area contributed by atoms with Crippen LogP contribution in [0.25, 0.3) is 33.5 Å². The fourth-order valence-electron chi connectivity index (χ4n) is 2.61. The topological polar surface area (TPSA) is 80.7 Å². The van der Waals surface area contributed by atoms with E-state index in [0.717, 1.165) is 6.07 Å². The van der Waals surface area contributed by atoms with E-state index in [0.29, 0.717) is 28.0 Å². The SMILES string of the molecule is Nc1[nH]c2ncccc2c1-c1oncc1-c1cccc(F)c1F. The zero-order valence-electron chi connectivity index (χ0n) is 11.7. The normalized spacial score (nSPS) is 11.2. The van der Waals surface area contributed by atoms with Crippen LogP contribution in [-0.4, -0.2) is 15.1 Å². The third-order valence-corrected chi connectivity index (χ3v) is 3.64. The van der Waals surface area contributed by atoms with E-state index in [1.807, 2.05) is 0 Å². The first-order chi connectivity index (χ1) is 11.2. The minimum absolute atomic E-state index is 0.0545. The van der Waals surface area contributed by atoms with Crippen molar-refractivity contribution in [2.45, 2.75) is 0 Å². The van der Waals surface area contributed by atoms with Gasteiger partial charge in [0, 0.05) is 17.1 Å². The van der Waals surface area contributed by atoms with E-state index in [9.17, 15) is 8.78 Å². The highest BCUT2D eigenvalue weighted by molar-refractivity contribution is 6.02. The number of aromatic nitrogens is 3. The summed E-state index contributed by atoms with van der Waals surface area (Å²) in [7, 11) is 0. The standard InChI is InChI=1S/C16H10F2N4O/c17-11-5-1-3-8(13(11)18)10-7-21-23-14(10)12-9-4-2-6-20-16(9)22-15(12)19/h1-7H,19H2,(H,20,22). The maximum atomic E-state index is 14.1. The van der Waals surface area contributed by atoms with Gasteiger partial charge in [0.2, 0.25) is 0 Å². The second-order valence-corrected chi connectivity index (χ2v) is 4.98. The molecule has 0 fully saturated rings. The summed E-state index contributed by atoms with van der Waals surface area (Å²) in [4.78, 5) is 7.11. The van der Waals surface area contributed by atoms with Gasteiger partial charge < -0.3 is 15.2 Å². The third kappa shape index (κ3) is 1.97. The van der Waals surface area contributed by atoms with Gasteiger partial charge in [0.05, 0.1) is 17.3 Å². The largest absolute Gasteiger partial charge is 0.385 e. The highest BCUT2D eigenvalue weighted by Gasteiger charge is 2.22. The van der Waals surface area contributed by atoms with Crippen molar-refractivity contribution in [1.29, 1.82) is 0 Å². The molecule has 0 radical (unpaired) electrons. The molecule has 0 saturated heterocycles. The van der Waals surface area contributed by atoms with Gasteiger partial charge in [0.25, 0.3) is 0 Å². The summed E-state index contributed by atoms with van der Waals surface area (Å²) in [5, 5.41) is 4.43. The summed E-state index contributed by atoms with van der Waals surface area (Å²) >= 11 is 0. The van der Waals surface area contributed by atoms with Crippen LogP contribution in [0.5, 0.6) is 0 Å². The number of aromatic amines is 1. The molecule has 23 heavy (non-hydrogen) atoms. The molecule has 0 aliphatic rings. The third-order valence-electron chi connectivity index (χ3n) is 3.64. The molecule has 7 heteroatoms. The molecule has 1 aromatic carbocycles. The number of H-pyrrole nitrogens is 1. The van der Waals surface area contributed by atoms with Crippen molar-refractivity contribution < 1.29 is 13.3 Å². The average Bonchev–Trinajstić information content (AvgIpc) is 3.13. The van der Waals surface area contributed by atoms with Gasteiger partial charge in [0.15, 0.2) is 17.4 Å². The smallest absolute Gasteiger partial charge is 0.179 e. The van der Waals surface area contributed by atoms with Crippen molar-refractivity contribution in [2.75, 3.05) is 5.73 Å². The number of nitrogens with one attached hydrogen (secondary N) is 1. The van der Waals surface area contributed by atoms with Crippen LogP contribution < -0.4 is 5.73 Å². The van der Waals surface area contributed by atoms with Gasteiger partial charge in [-0.2, -0.15) is 0 Å². The zero-order valence-corrected chi connectivity index (χ0v) is 11.7. The van der Waals surface area contributed by atoms with Crippen molar-refractivity contribution in [3.63, 3.8) is 0 Å². The zero-order chi connectivity index (χ0) is 16.0. The molecular weight excluding hydrogens is 302 g/mol. The molecule has 0 unspecified atom stereocenters. The minimum Gasteiger partial charge on any atom is -0.385 e. The fraction of sp³-hybridized carbons (Fsp3) is 0. The Labute approximate surface area is 128 Å². The molecule has 0 spiro atoms. The molecule has 3 heterocycles. The first-order valence-corrected chi connectivity index (χ1v) is 6.78. The minimum atomic E-state index is -0.964. The number of hydrogen-bond donors (Lipinski definition) is 2. The molecule has 0 aliphatic heterocycles. The van der Waals surface area contributed by atoms with Crippen molar-refractivity contribution in [3.8, 4) is 22.5 Å². The van der Waals surface area contributed by atoms with E-state index in [1.165, 1.54) is 18.3 Å². The quantitative estimate of drug-likeness (QED) is 0.591. The van der Waals surface area contributed by atoms with Gasteiger partial charge in [-0.25, -0.2) is 13.8 Å². The highest BCUT2D eigenvalue weighted by Crippen LogP contribution is 2.40. The molecule has 0 amide bonds. The lowest BCUT2D eigenvalue weighted by Gasteiger charge is -2.04. The maximum Gasteiger partial charge on any atom is 0.179 e. The van der Waals surface area contributed by atoms with Crippen LogP contribution in [0.2, 0.25) is 0 Å². The second-order valence-electron chi connectivity index (χ2n) is 4.98.